The molecule has 24 heavy (non-hydrogen) atoms. The highest BCUT2D eigenvalue weighted by atomic mass is 35.5. The van der Waals surface area contributed by atoms with Crippen molar-refractivity contribution in [2.24, 2.45) is 0 Å². The number of nitrogens with zero attached hydrogens (tertiary/aromatic N) is 2. The normalized spacial score (nSPS) is 16.8. The van der Waals surface area contributed by atoms with Crippen molar-refractivity contribution in [3.05, 3.63) is 34.9 Å². The van der Waals surface area contributed by atoms with Gasteiger partial charge in [0.1, 0.15) is 0 Å². The average molecular weight is 374 g/mol. The molecule has 2 rings (SSSR count). The van der Waals surface area contributed by atoms with E-state index in [9.17, 15) is 13.2 Å². The van der Waals surface area contributed by atoms with Gasteiger partial charge in [0.2, 0.25) is 5.91 Å². The molecule has 1 aliphatic rings. The van der Waals surface area contributed by atoms with Crippen LogP contribution >= 0.6 is 11.6 Å². The van der Waals surface area contributed by atoms with Crippen LogP contribution in [-0.4, -0.2) is 56.3 Å². The maximum absolute atomic E-state index is 12.4. The van der Waals surface area contributed by atoms with Crippen LogP contribution in [0.1, 0.15) is 25.3 Å². The van der Waals surface area contributed by atoms with Crippen LogP contribution in [0.25, 0.3) is 0 Å². The fourth-order valence-electron chi connectivity index (χ4n) is 2.59. The lowest BCUT2D eigenvalue weighted by Crippen LogP contribution is -2.43. The van der Waals surface area contributed by atoms with Gasteiger partial charge in [0.25, 0.3) is 10.2 Å². The molecule has 0 atom stereocenters. The molecule has 134 valence electrons. The minimum Gasteiger partial charge on any atom is -0.341 e. The lowest BCUT2D eigenvalue weighted by atomic mass is 10.1. The molecular formula is C16H24ClN3O3S. The lowest BCUT2D eigenvalue weighted by molar-refractivity contribution is -0.130. The molecule has 8 heteroatoms. The molecule has 1 aliphatic heterocycles. The molecule has 1 fully saturated rings. The number of halogens is 1. The summed E-state index contributed by atoms with van der Waals surface area (Å²) in [6.07, 6.45) is 1.69. The summed E-state index contributed by atoms with van der Waals surface area (Å²) < 4.78 is 28.4. The number of benzene rings is 1. The quantitative estimate of drug-likeness (QED) is 0.824. The Balaban J connectivity index is 1.92. The number of carbonyl (C=O) groups excluding carboxylic acids is 1. The topological polar surface area (TPSA) is 69.7 Å². The first-order valence-corrected chi connectivity index (χ1v) is 10.0. The van der Waals surface area contributed by atoms with E-state index >= 15 is 0 Å². The Morgan fingerprint density at radius 2 is 1.88 bits per heavy atom. The van der Waals surface area contributed by atoms with Gasteiger partial charge in [-0.15, -0.1) is 0 Å². The molecule has 1 aromatic rings. The van der Waals surface area contributed by atoms with Gasteiger partial charge < -0.3 is 4.90 Å². The van der Waals surface area contributed by atoms with Crippen LogP contribution in [0, 0.1) is 0 Å². The fraction of sp³-hybridized carbons (Fsp3) is 0.562. The SMILES string of the molecule is CCCNS(=O)(=O)N1CCCN(C(=O)Cc2ccc(Cl)cc2)CC1. The molecule has 0 unspecified atom stereocenters. The van der Waals surface area contributed by atoms with E-state index in [4.69, 9.17) is 11.6 Å². The van der Waals surface area contributed by atoms with Crippen LogP contribution in [0.4, 0.5) is 0 Å². The maximum Gasteiger partial charge on any atom is 0.279 e. The molecule has 1 amide bonds. The molecule has 0 radical (unpaired) electrons. The summed E-state index contributed by atoms with van der Waals surface area (Å²) in [5.41, 5.74) is 0.905. The van der Waals surface area contributed by atoms with Crippen LogP contribution in [0.15, 0.2) is 24.3 Å². The van der Waals surface area contributed by atoms with Gasteiger partial charge in [0.15, 0.2) is 0 Å². The van der Waals surface area contributed by atoms with E-state index in [1.807, 2.05) is 19.1 Å². The van der Waals surface area contributed by atoms with Gasteiger partial charge in [-0.1, -0.05) is 30.7 Å². The first kappa shape index (κ1) is 19.2. The zero-order valence-electron chi connectivity index (χ0n) is 13.9. The third-order valence-electron chi connectivity index (χ3n) is 3.95. The first-order chi connectivity index (χ1) is 11.4. The molecule has 0 bridgehead atoms. The highest BCUT2D eigenvalue weighted by Crippen LogP contribution is 2.12. The Kier molecular flexibility index (Phi) is 7.03. The smallest absolute Gasteiger partial charge is 0.279 e. The molecule has 1 N–H and O–H groups in total. The van der Waals surface area contributed by atoms with Crippen molar-refractivity contribution >= 4 is 27.7 Å². The van der Waals surface area contributed by atoms with Crippen molar-refractivity contribution in [3.63, 3.8) is 0 Å². The van der Waals surface area contributed by atoms with Crippen LogP contribution in [0.2, 0.25) is 5.02 Å². The second kappa shape index (κ2) is 8.80. The lowest BCUT2D eigenvalue weighted by Gasteiger charge is -2.22. The van der Waals surface area contributed by atoms with Gasteiger partial charge >= 0.3 is 0 Å². The van der Waals surface area contributed by atoms with Crippen LogP contribution in [0.3, 0.4) is 0 Å². The van der Waals surface area contributed by atoms with Gasteiger partial charge in [0.05, 0.1) is 6.42 Å². The van der Waals surface area contributed by atoms with Crippen molar-refractivity contribution in [1.82, 2.24) is 13.9 Å². The van der Waals surface area contributed by atoms with E-state index in [0.29, 0.717) is 50.6 Å². The number of rotatable bonds is 6. The second-order valence-corrected chi connectivity index (χ2v) is 8.03. The minimum absolute atomic E-state index is 0.0121. The van der Waals surface area contributed by atoms with Gasteiger partial charge in [-0.3, -0.25) is 4.79 Å². The molecule has 6 nitrogen and oxygen atoms in total. The van der Waals surface area contributed by atoms with Gasteiger partial charge in [-0.05, 0) is 30.5 Å². The summed E-state index contributed by atoms with van der Waals surface area (Å²) in [6, 6.07) is 7.20. The minimum atomic E-state index is -3.45. The third kappa shape index (κ3) is 5.44. The molecule has 1 heterocycles. The van der Waals surface area contributed by atoms with Crippen LogP contribution < -0.4 is 4.72 Å². The van der Waals surface area contributed by atoms with Crippen molar-refractivity contribution in [2.75, 3.05) is 32.7 Å². The summed E-state index contributed by atoms with van der Waals surface area (Å²) in [6.45, 7) is 4.10. The molecule has 0 aromatic heterocycles. The monoisotopic (exact) mass is 373 g/mol. The number of carbonyl (C=O) groups is 1. The summed E-state index contributed by atoms with van der Waals surface area (Å²) in [7, 11) is -3.45. The van der Waals surface area contributed by atoms with Gasteiger partial charge in [-0.25, -0.2) is 4.72 Å². The highest BCUT2D eigenvalue weighted by molar-refractivity contribution is 7.87. The average Bonchev–Trinajstić information content (AvgIpc) is 2.82. The van der Waals surface area contributed by atoms with Crippen molar-refractivity contribution in [3.8, 4) is 0 Å². The van der Waals surface area contributed by atoms with E-state index in [2.05, 4.69) is 4.72 Å². The van der Waals surface area contributed by atoms with E-state index < -0.39 is 10.2 Å². The Hall–Kier alpha value is -1.15. The first-order valence-electron chi connectivity index (χ1n) is 8.19. The zero-order valence-corrected chi connectivity index (χ0v) is 15.4. The van der Waals surface area contributed by atoms with E-state index in [-0.39, 0.29) is 5.91 Å². The van der Waals surface area contributed by atoms with Crippen LogP contribution in [-0.2, 0) is 21.4 Å². The van der Waals surface area contributed by atoms with Crippen molar-refractivity contribution in [1.29, 1.82) is 0 Å². The van der Waals surface area contributed by atoms with Gasteiger partial charge in [-0.2, -0.15) is 12.7 Å². The maximum atomic E-state index is 12.4. The Labute approximate surface area is 149 Å². The Morgan fingerprint density at radius 1 is 1.17 bits per heavy atom. The largest absolute Gasteiger partial charge is 0.341 e. The number of hydrogen-bond donors (Lipinski definition) is 1. The summed E-state index contributed by atoms with van der Waals surface area (Å²) in [4.78, 5) is 14.2. The Bertz CT molecular complexity index is 649. The van der Waals surface area contributed by atoms with E-state index in [0.717, 1.165) is 12.0 Å². The fourth-order valence-corrected chi connectivity index (χ4v) is 4.06. The predicted molar refractivity (Wildman–Crippen MR) is 95.1 cm³/mol. The molecule has 0 saturated carbocycles. The second-order valence-electron chi connectivity index (χ2n) is 5.84. The summed E-state index contributed by atoms with van der Waals surface area (Å²) in [5.74, 6) is 0.0121. The Morgan fingerprint density at radius 3 is 2.54 bits per heavy atom. The van der Waals surface area contributed by atoms with E-state index in [1.54, 1.807) is 17.0 Å². The number of nitrogens with one attached hydrogen (secondary N) is 1. The van der Waals surface area contributed by atoms with Crippen molar-refractivity contribution in [2.45, 2.75) is 26.2 Å². The third-order valence-corrected chi connectivity index (χ3v) is 5.82. The zero-order chi connectivity index (χ0) is 17.6. The van der Waals surface area contributed by atoms with Crippen LogP contribution in [0.5, 0.6) is 0 Å². The standard InChI is InChI=1S/C16H24ClN3O3S/c1-2-8-18-24(22,23)20-10-3-9-19(11-12-20)16(21)13-14-4-6-15(17)7-5-14/h4-7,18H,2-3,8-13H2,1H3. The highest BCUT2D eigenvalue weighted by Gasteiger charge is 2.26. The summed E-state index contributed by atoms with van der Waals surface area (Å²) in [5, 5.41) is 0.640. The number of hydrogen-bond acceptors (Lipinski definition) is 3. The van der Waals surface area contributed by atoms with Gasteiger partial charge in [0, 0.05) is 37.7 Å². The van der Waals surface area contributed by atoms with Crippen molar-refractivity contribution < 1.29 is 13.2 Å². The predicted octanol–water partition coefficient (Wildman–Crippen LogP) is 1.66. The molecular weight excluding hydrogens is 350 g/mol. The van der Waals surface area contributed by atoms with E-state index in [1.165, 1.54) is 4.31 Å². The molecule has 0 aliphatic carbocycles. The summed E-state index contributed by atoms with van der Waals surface area (Å²) >= 11 is 5.85. The number of amides is 1. The molecule has 1 aromatic carbocycles. The molecule has 1 saturated heterocycles. The molecule has 0 spiro atoms.